The lowest BCUT2D eigenvalue weighted by Gasteiger charge is -2.29. The molecule has 2 aromatic carbocycles. The molecule has 2 atom stereocenters. The summed E-state index contributed by atoms with van der Waals surface area (Å²) in [6.07, 6.45) is 1.38. The second-order valence-electron chi connectivity index (χ2n) is 8.61. The van der Waals surface area contributed by atoms with Crippen LogP contribution in [0.15, 0.2) is 66.3 Å². The van der Waals surface area contributed by atoms with Gasteiger partial charge in [0.05, 0.1) is 15.7 Å². The van der Waals surface area contributed by atoms with Gasteiger partial charge in [-0.2, -0.15) is 8.42 Å². The van der Waals surface area contributed by atoms with Crippen LogP contribution < -0.4 is 19.2 Å². The summed E-state index contributed by atoms with van der Waals surface area (Å²) in [4.78, 5) is 36.0. The second kappa shape index (κ2) is 11.3. The van der Waals surface area contributed by atoms with Gasteiger partial charge in [-0.15, -0.1) is 11.3 Å². The van der Waals surface area contributed by atoms with Crippen molar-refractivity contribution < 1.29 is 26.8 Å². The highest BCUT2D eigenvalue weighted by Crippen LogP contribution is 2.27. The number of amides is 3. The van der Waals surface area contributed by atoms with Crippen molar-refractivity contribution in [2.45, 2.75) is 18.9 Å². The highest BCUT2D eigenvalue weighted by molar-refractivity contribution is 7.91. The molecule has 0 radical (unpaired) electrons. The first kappa shape index (κ1) is 27.9. The fourth-order valence-electron chi connectivity index (χ4n) is 3.84. The van der Waals surface area contributed by atoms with E-state index in [1.54, 1.807) is 35.8 Å². The Bertz CT molecular complexity index is 1600. The second-order valence-corrected chi connectivity index (χ2v) is 11.2. The minimum absolute atomic E-state index is 0.0474. The molecule has 0 spiro atoms. The van der Waals surface area contributed by atoms with Gasteiger partial charge in [0, 0.05) is 38.0 Å². The molecule has 1 unspecified atom stereocenters. The maximum absolute atomic E-state index is 14.0. The van der Waals surface area contributed by atoms with Crippen LogP contribution in [0, 0.1) is 11.6 Å². The van der Waals surface area contributed by atoms with E-state index in [-0.39, 0.29) is 11.4 Å². The molecule has 39 heavy (non-hydrogen) atoms. The Kier molecular flexibility index (Phi) is 8.06. The number of hydrogen-bond donors (Lipinski definition) is 2. The summed E-state index contributed by atoms with van der Waals surface area (Å²) in [6, 6.07) is 9.88. The highest BCUT2D eigenvalue weighted by Gasteiger charge is 2.33. The van der Waals surface area contributed by atoms with Gasteiger partial charge < -0.3 is 10.2 Å². The van der Waals surface area contributed by atoms with Crippen molar-refractivity contribution in [3.63, 3.8) is 0 Å². The van der Waals surface area contributed by atoms with Crippen molar-refractivity contribution in [2.75, 3.05) is 23.3 Å². The third kappa shape index (κ3) is 6.29. The summed E-state index contributed by atoms with van der Waals surface area (Å²) < 4.78 is 57.1. The van der Waals surface area contributed by atoms with Gasteiger partial charge in [-0.05, 0) is 48.0 Å². The highest BCUT2D eigenvalue weighted by atomic mass is 32.2. The number of carbonyl (C=O) groups is 2. The fourth-order valence-corrected chi connectivity index (χ4v) is 5.28. The summed E-state index contributed by atoms with van der Waals surface area (Å²) in [7, 11) is -1.76. The smallest absolute Gasteiger partial charge is 0.325 e. The maximum Gasteiger partial charge on any atom is 0.330 e. The predicted molar refractivity (Wildman–Crippen MR) is 145 cm³/mol. The van der Waals surface area contributed by atoms with Crippen LogP contribution in [0.25, 0.3) is 10.2 Å². The largest absolute Gasteiger partial charge is 0.330 e. The number of carbonyl (C=O) groups excluding carboxylic acids is 2. The molecule has 4 rings (SSSR count). The summed E-state index contributed by atoms with van der Waals surface area (Å²) in [6.45, 7) is 1.49. The predicted octanol–water partition coefficient (Wildman–Crippen LogP) is 3.79. The molecule has 204 valence electrons. The molecule has 3 amide bonds. The van der Waals surface area contributed by atoms with Crippen LogP contribution in [0.3, 0.4) is 0 Å². The molecular formula is C25H24F2N6O4S2. The average Bonchev–Trinajstić information content (AvgIpc) is 3.38. The Morgan fingerprint density at radius 2 is 1.72 bits per heavy atom. The zero-order chi connectivity index (χ0) is 28.3. The summed E-state index contributed by atoms with van der Waals surface area (Å²) in [5.74, 6) is -3.31. The molecule has 0 fully saturated rings. The zero-order valence-corrected chi connectivity index (χ0v) is 22.6. The van der Waals surface area contributed by atoms with Crippen molar-refractivity contribution >= 4 is 55.2 Å². The Labute approximate surface area is 227 Å². The van der Waals surface area contributed by atoms with E-state index in [2.05, 4.69) is 15.3 Å². The molecule has 2 heterocycles. The molecule has 0 aliphatic rings. The van der Waals surface area contributed by atoms with Crippen molar-refractivity contribution in [3.05, 3.63) is 83.5 Å². The quantitative estimate of drug-likeness (QED) is 0.330. The topological polar surface area (TPSA) is 125 Å². The lowest BCUT2D eigenvalue weighted by Crippen LogP contribution is -2.55. The molecule has 0 saturated heterocycles. The van der Waals surface area contributed by atoms with Crippen molar-refractivity contribution in [1.82, 2.24) is 20.0 Å². The van der Waals surface area contributed by atoms with Crippen LogP contribution in [0.5, 0.6) is 0 Å². The molecule has 0 aliphatic heterocycles. The number of aromatic nitrogens is 2. The Hall–Kier alpha value is -4.17. The number of likely N-dealkylation sites (N-methyl/N-ethyl adjacent to an activating group) is 1. The fraction of sp³-hybridized carbons (Fsp3) is 0.200. The van der Waals surface area contributed by atoms with E-state index in [0.29, 0.717) is 17.3 Å². The minimum atomic E-state index is -4.42. The number of pyridine rings is 1. The number of anilines is 2. The summed E-state index contributed by atoms with van der Waals surface area (Å²) >= 11 is 1.43. The van der Waals surface area contributed by atoms with E-state index in [1.165, 1.54) is 49.5 Å². The third-order valence-corrected chi connectivity index (χ3v) is 8.21. The molecule has 0 saturated carbocycles. The van der Waals surface area contributed by atoms with Gasteiger partial charge in [0.25, 0.3) is 0 Å². The normalized spacial score (nSPS) is 12.9. The van der Waals surface area contributed by atoms with E-state index in [1.807, 2.05) is 4.72 Å². The standard InChI is InChI=1S/C25H24F2N6O4S2/c1-15(16-10-17(26)12-18(27)11-16)23(24(34)32(2)19-7-8-21-20(13-19)29-14-38-21)30-25(35)31-39(36,37)33(3)22-6-4-5-9-28-22/h4-15,23H,1-3H3,(H2,30,31,35)/t15-,23?/m1/s1. The number of halogens is 2. The maximum atomic E-state index is 14.0. The number of fused-ring (bicyclic) bond motifs is 1. The Balaban J connectivity index is 1.62. The van der Waals surface area contributed by atoms with Gasteiger partial charge in [-0.3, -0.25) is 4.79 Å². The van der Waals surface area contributed by atoms with Gasteiger partial charge in [-0.1, -0.05) is 13.0 Å². The number of nitrogens with one attached hydrogen (secondary N) is 2. The van der Waals surface area contributed by atoms with Gasteiger partial charge in [0.1, 0.15) is 23.5 Å². The zero-order valence-electron chi connectivity index (χ0n) is 21.0. The van der Waals surface area contributed by atoms with Crippen LogP contribution in [0.1, 0.15) is 18.4 Å². The lowest BCUT2D eigenvalue weighted by atomic mass is 9.92. The number of thiazole rings is 1. The Morgan fingerprint density at radius 1 is 1.00 bits per heavy atom. The van der Waals surface area contributed by atoms with E-state index < -0.39 is 45.7 Å². The van der Waals surface area contributed by atoms with Gasteiger partial charge in [0.2, 0.25) is 5.91 Å². The first-order valence-corrected chi connectivity index (χ1v) is 13.8. The molecule has 0 aliphatic carbocycles. The number of hydrogen-bond acceptors (Lipinski definition) is 7. The number of urea groups is 1. The van der Waals surface area contributed by atoms with E-state index >= 15 is 0 Å². The van der Waals surface area contributed by atoms with Crippen LogP contribution in [0.2, 0.25) is 0 Å². The van der Waals surface area contributed by atoms with Gasteiger partial charge in [-0.25, -0.2) is 32.6 Å². The van der Waals surface area contributed by atoms with Crippen molar-refractivity contribution in [2.24, 2.45) is 0 Å². The van der Waals surface area contributed by atoms with Crippen LogP contribution in [-0.2, 0) is 15.0 Å². The van der Waals surface area contributed by atoms with Crippen LogP contribution >= 0.6 is 11.3 Å². The number of benzene rings is 2. The van der Waals surface area contributed by atoms with Crippen LogP contribution in [-0.4, -0.2) is 50.5 Å². The van der Waals surface area contributed by atoms with E-state index in [4.69, 9.17) is 0 Å². The number of rotatable bonds is 8. The first-order valence-electron chi connectivity index (χ1n) is 11.5. The molecule has 2 aromatic heterocycles. The summed E-state index contributed by atoms with van der Waals surface area (Å²) in [5.41, 5.74) is 2.85. The third-order valence-electron chi connectivity index (χ3n) is 6.05. The lowest BCUT2D eigenvalue weighted by molar-refractivity contribution is -0.120. The van der Waals surface area contributed by atoms with E-state index in [9.17, 15) is 26.8 Å². The SMILES string of the molecule is C[C@H](c1cc(F)cc(F)c1)C(NC(=O)NS(=O)(=O)N(C)c1ccccn1)C(=O)N(C)c1ccc2scnc2c1. The molecule has 0 bridgehead atoms. The summed E-state index contributed by atoms with van der Waals surface area (Å²) in [5, 5.41) is 2.37. The minimum Gasteiger partial charge on any atom is -0.325 e. The van der Waals surface area contributed by atoms with Gasteiger partial charge >= 0.3 is 16.2 Å². The van der Waals surface area contributed by atoms with Crippen molar-refractivity contribution in [1.29, 1.82) is 0 Å². The van der Waals surface area contributed by atoms with Crippen molar-refractivity contribution in [3.8, 4) is 0 Å². The molecule has 4 aromatic rings. The molecular weight excluding hydrogens is 550 g/mol. The van der Waals surface area contributed by atoms with Crippen LogP contribution in [0.4, 0.5) is 25.1 Å². The molecule has 14 heteroatoms. The average molecular weight is 575 g/mol. The molecule has 10 nitrogen and oxygen atoms in total. The molecule has 2 N–H and O–H groups in total. The monoisotopic (exact) mass is 574 g/mol. The first-order chi connectivity index (χ1) is 18.5. The Morgan fingerprint density at radius 3 is 2.38 bits per heavy atom. The van der Waals surface area contributed by atoms with E-state index in [0.717, 1.165) is 21.1 Å². The van der Waals surface area contributed by atoms with Gasteiger partial charge in [0.15, 0.2) is 0 Å². The number of nitrogens with zero attached hydrogens (tertiary/aromatic N) is 4.